The van der Waals surface area contributed by atoms with Gasteiger partial charge in [0.15, 0.2) is 0 Å². The van der Waals surface area contributed by atoms with Gasteiger partial charge in [0.05, 0.1) is 21.7 Å². The lowest BCUT2D eigenvalue weighted by Crippen LogP contribution is -2.36. The molecule has 3 rings (SSSR count). The zero-order valence-electron chi connectivity index (χ0n) is 15.2. The molecule has 1 amide bonds. The smallest absolute Gasteiger partial charge is 0.339 e. The summed E-state index contributed by atoms with van der Waals surface area (Å²) in [6.45, 7) is 1.10. The summed E-state index contributed by atoms with van der Waals surface area (Å²) in [5, 5.41) is 0. The van der Waals surface area contributed by atoms with Crippen LogP contribution in [0.15, 0.2) is 47.4 Å². The summed E-state index contributed by atoms with van der Waals surface area (Å²) in [5.74, 6) is -1.93. The number of alkyl halides is 3. The minimum absolute atomic E-state index is 0.0547. The average molecular weight is 430 g/mol. The first-order valence-electron chi connectivity index (χ1n) is 8.87. The van der Waals surface area contributed by atoms with Crippen molar-refractivity contribution in [1.82, 2.24) is 4.90 Å². The Balaban J connectivity index is 1.93. The second-order valence-corrected chi connectivity index (χ2v) is 8.33. The number of piperidine rings is 1. The van der Waals surface area contributed by atoms with Gasteiger partial charge in [-0.15, -0.1) is 0 Å². The topological polar surface area (TPSA) is 66.5 Å². The maximum absolute atomic E-state index is 13.5. The zero-order chi connectivity index (χ0) is 21.2. The Morgan fingerprint density at radius 2 is 1.66 bits per heavy atom. The quantitative estimate of drug-likeness (QED) is 0.737. The van der Waals surface area contributed by atoms with Crippen molar-refractivity contribution in [1.29, 1.82) is 0 Å². The van der Waals surface area contributed by atoms with E-state index in [4.69, 9.17) is 0 Å². The fraction of sp³-hybridized carbons (Fsp3) is 0.316. The second kappa shape index (κ2) is 8.02. The molecule has 2 aromatic rings. The summed E-state index contributed by atoms with van der Waals surface area (Å²) in [6.07, 6.45) is -2.35. The van der Waals surface area contributed by atoms with Crippen LogP contribution in [-0.4, -0.2) is 32.3 Å². The van der Waals surface area contributed by atoms with Crippen molar-refractivity contribution in [3.8, 4) is 0 Å². The molecule has 1 aliphatic heterocycles. The molecule has 0 aromatic heterocycles. The average Bonchev–Trinajstić information content (AvgIpc) is 2.67. The molecule has 0 spiro atoms. The normalized spacial score (nSPS) is 15.2. The molecule has 0 radical (unpaired) electrons. The number of carbonyl (C=O) groups excluding carboxylic acids is 1. The Morgan fingerprint density at radius 1 is 1.00 bits per heavy atom. The summed E-state index contributed by atoms with van der Waals surface area (Å²) in [7, 11) is -4.49. The number of hydrogen-bond donors (Lipinski definition) is 1. The zero-order valence-corrected chi connectivity index (χ0v) is 16.0. The van der Waals surface area contributed by atoms with E-state index < -0.39 is 32.5 Å². The summed E-state index contributed by atoms with van der Waals surface area (Å²) >= 11 is 0. The number of anilines is 1. The van der Waals surface area contributed by atoms with Gasteiger partial charge in [-0.1, -0.05) is 12.1 Å². The highest BCUT2D eigenvalue weighted by Gasteiger charge is 2.35. The fourth-order valence-electron chi connectivity index (χ4n) is 3.12. The van der Waals surface area contributed by atoms with Crippen LogP contribution in [0.1, 0.15) is 35.2 Å². The van der Waals surface area contributed by atoms with Crippen LogP contribution in [0.5, 0.6) is 0 Å². The highest BCUT2D eigenvalue weighted by molar-refractivity contribution is 7.92. The number of para-hydroxylation sites is 1. The van der Waals surface area contributed by atoms with Gasteiger partial charge in [0, 0.05) is 13.1 Å². The first-order valence-corrected chi connectivity index (χ1v) is 10.4. The Morgan fingerprint density at radius 3 is 2.31 bits per heavy atom. The third kappa shape index (κ3) is 4.69. The van der Waals surface area contributed by atoms with Crippen molar-refractivity contribution in [3.63, 3.8) is 0 Å². The summed E-state index contributed by atoms with van der Waals surface area (Å²) in [6, 6.07) is 7.27. The van der Waals surface area contributed by atoms with Gasteiger partial charge >= 0.3 is 6.18 Å². The minimum atomic E-state index is -5.04. The number of benzene rings is 2. The van der Waals surface area contributed by atoms with E-state index in [-0.39, 0.29) is 23.2 Å². The lowest BCUT2D eigenvalue weighted by atomic mass is 10.1. The van der Waals surface area contributed by atoms with Gasteiger partial charge in [0.2, 0.25) is 0 Å². The van der Waals surface area contributed by atoms with Crippen LogP contribution in [0.25, 0.3) is 0 Å². The van der Waals surface area contributed by atoms with E-state index >= 15 is 0 Å². The summed E-state index contributed by atoms with van der Waals surface area (Å²) < 4.78 is 79.6. The third-order valence-electron chi connectivity index (χ3n) is 4.60. The highest BCUT2D eigenvalue weighted by atomic mass is 32.2. The van der Waals surface area contributed by atoms with Gasteiger partial charge in [-0.2, -0.15) is 13.2 Å². The van der Waals surface area contributed by atoms with Gasteiger partial charge in [0.1, 0.15) is 5.82 Å². The molecule has 156 valence electrons. The second-order valence-electron chi connectivity index (χ2n) is 6.64. The third-order valence-corrected chi connectivity index (χ3v) is 5.96. The molecule has 1 heterocycles. The lowest BCUT2D eigenvalue weighted by Gasteiger charge is -2.27. The predicted octanol–water partition coefficient (Wildman–Crippen LogP) is 4.27. The standard InChI is InChI=1S/C19H18F4N2O3S/c20-16-9-8-13(12-15(16)19(21,22)23)29(27,28)24-17-7-3-2-6-14(17)18(26)25-10-4-1-5-11-25/h2-3,6-9,12,24H,1,4-5,10-11H2. The number of sulfonamides is 1. The highest BCUT2D eigenvalue weighted by Crippen LogP contribution is 2.33. The summed E-state index contributed by atoms with van der Waals surface area (Å²) in [4.78, 5) is 13.6. The maximum atomic E-state index is 13.5. The number of nitrogens with zero attached hydrogens (tertiary/aromatic N) is 1. The maximum Gasteiger partial charge on any atom is 0.419 e. The molecule has 1 fully saturated rings. The van der Waals surface area contributed by atoms with Crippen LogP contribution in [-0.2, 0) is 16.2 Å². The van der Waals surface area contributed by atoms with Crippen LogP contribution in [0, 0.1) is 5.82 Å². The Bertz CT molecular complexity index is 1020. The number of rotatable bonds is 4. The fourth-order valence-corrected chi connectivity index (χ4v) is 4.22. The molecule has 0 aliphatic carbocycles. The first-order chi connectivity index (χ1) is 13.6. The van der Waals surface area contributed by atoms with Gasteiger partial charge < -0.3 is 4.90 Å². The number of hydrogen-bond acceptors (Lipinski definition) is 3. The molecule has 0 unspecified atom stereocenters. The van der Waals surface area contributed by atoms with Crippen molar-refractivity contribution in [2.45, 2.75) is 30.3 Å². The molecule has 29 heavy (non-hydrogen) atoms. The SMILES string of the molecule is O=C(c1ccccc1NS(=O)(=O)c1ccc(F)c(C(F)(F)F)c1)N1CCCCC1. The van der Waals surface area contributed by atoms with Crippen LogP contribution >= 0.6 is 0 Å². The van der Waals surface area contributed by atoms with Gasteiger partial charge in [-0.3, -0.25) is 9.52 Å². The Kier molecular flexibility index (Phi) is 5.83. The summed E-state index contributed by atoms with van der Waals surface area (Å²) in [5.41, 5.74) is -1.64. The molecule has 0 bridgehead atoms. The van der Waals surface area contributed by atoms with E-state index in [1.165, 1.54) is 18.2 Å². The van der Waals surface area contributed by atoms with Crippen molar-refractivity contribution >= 4 is 21.6 Å². The number of carbonyl (C=O) groups is 1. The van der Waals surface area contributed by atoms with Crippen LogP contribution in [0.3, 0.4) is 0 Å². The van der Waals surface area contributed by atoms with E-state index in [1.807, 2.05) is 0 Å². The van der Waals surface area contributed by atoms with Crippen LogP contribution in [0.2, 0.25) is 0 Å². The van der Waals surface area contributed by atoms with E-state index in [9.17, 15) is 30.8 Å². The molecule has 1 saturated heterocycles. The largest absolute Gasteiger partial charge is 0.419 e. The predicted molar refractivity (Wildman–Crippen MR) is 98.4 cm³/mol. The molecule has 1 N–H and O–H groups in total. The van der Waals surface area contributed by atoms with Crippen molar-refractivity contribution in [2.75, 3.05) is 17.8 Å². The van der Waals surface area contributed by atoms with Crippen molar-refractivity contribution in [3.05, 3.63) is 59.4 Å². The monoisotopic (exact) mass is 430 g/mol. The number of nitrogens with one attached hydrogen (secondary N) is 1. The van der Waals surface area contributed by atoms with Crippen molar-refractivity contribution in [2.24, 2.45) is 0 Å². The Labute approximate surface area is 165 Å². The molecule has 5 nitrogen and oxygen atoms in total. The van der Waals surface area contributed by atoms with Crippen LogP contribution in [0.4, 0.5) is 23.2 Å². The van der Waals surface area contributed by atoms with Crippen LogP contribution < -0.4 is 4.72 Å². The van der Waals surface area contributed by atoms with E-state index in [0.29, 0.717) is 19.2 Å². The van der Waals surface area contributed by atoms with E-state index in [0.717, 1.165) is 25.3 Å². The lowest BCUT2D eigenvalue weighted by molar-refractivity contribution is -0.140. The first kappa shape index (κ1) is 21.1. The van der Waals surface area contributed by atoms with E-state index in [1.54, 1.807) is 11.0 Å². The molecule has 0 saturated carbocycles. The number of likely N-dealkylation sites (tertiary alicyclic amines) is 1. The molecule has 2 aromatic carbocycles. The molecular weight excluding hydrogens is 412 g/mol. The minimum Gasteiger partial charge on any atom is -0.339 e. The molecule has 1 aliphatic rings. The molecule has 10 heteroatoms. The Hall–Kier alpha value is -2.62. The van der Waals surface area contributed by atoms with Gasteiger partial charge in [-0.25, -0.2) is 12.8 Å². The van der Waals surface area contributed by atoms with Gasteiger partial charge in [-0.05, 0) is 49.6 Å². The number of amides is 1. The van der Waals surface area contributed by atoms with Gasteiger partial charge in [0.25, 0.3) is 15.9 Å². The van der Waals surface area contributed by atoms with E-state index in [2.05, 4.69) is 4.72 Å². The molecule has 0 atom stereocenters. The molecular formula is C19H18F4N2O3S. The number of halogens is 4. The van der Waals surface area contributed by atoms with Crippen molar-refractivity contribution < 1.29 is 30.8 Å².